The number of amides is 3. The molecule has 0 aromatic carbocycles. The topological polar surface area (TPSA) is 103 Å². The molecule has 2 N–H and O–H groups in total. The number of thioether (sulfide) groups is 1. The third-order valence-corrected chi connectivity index (χ3v) is 8.04. The van der Waals surface area contributed by atoms with Crippen LogP contribution < -0.4 is 10.6 Å². The SMILES string of the molecule is CC(C)CCC(=O)C1OC(SCCN(C)C)=NN1C(=O)NC1(NC(=O)C2CCCCC2)CCCCC1. The Balaban J connectivity index is 1.72. The Hall–Kier alpha value is -1.81. The van der Waals surface area contributed by atoms with Gasteiger partial charge < -0.3 is 20.3 Å². The average molecular weight is 524 g/mol. The highest BCUT2D eigenvalue weighted by Crippen LogP contribution is 2.30. The molecule has 36 heavy (non-hydrogen) atoms. The zero-order valence-corrected chi connectivity index (χ0v) is 23.3. The van der Waals surface area contributed by atoms with Crippen molar-refractivity contribution in [2.24, 2.45) is 16.9 Å². The summed E-state index contributed by atoms with van der Waals surface area (Å²) in [6.07, 6.45) is 9.38. The van der Waals surface area contributed by atoms with Gasteiger partial charge in [-0.1, -0.05) is 51.3 Å². The molecular weight excluding hydrogens is 478 g/mol. The van der Waals surface area contributed by atoms with Crippen LogP contribution in [0, 0.1) is 11.8 Å². The summed E-state index contributed by atoms with van der Waals surface area (Å²) in [6, 6.07) is -0.494. The molecule has 2 saturated carbocycles. The molecule has 0 saturated heterocycles. The van der Waals surface area contributed by atoms with Gasteiger partial charge in [0.05, 0.1) is 0 Å². The molecule has 1 aliphatic heterocycles. The normalized spacial score (nSPS) is 22.3. The summed E-state index contributed by atoms with van der Waals surface area (Å²) in [5, 5.41) is 12.2. The van der Waals surface area contributed by atoms with Crippen molar-refractivity contribution < 1.29 is 19.1 Å². The van der Waals surface area contributed by atoms with Crippen molar-refractivity contribution in [3.05, 3.63) is 0 Å². The van der Waals surface area contributed by atoms with E-state index >= 15 is 0 Å². The van der Waals surface area contributed by atoms with Crippen LogP contribution in [0.4, 0.5) is 4.79 Å². The lowest BCUT2D eigenvalue weighted by Crippen LogP contribution is -2.64. The Morgan fingerprint density at radius 3 is 2.39 bits per heavy atom. The summed E-state index contributed by atoms with van der Waals surface area (Å²) in [6.45, 7) is 4.95. The lowest BCUT2D eigenvalue weighted by Gasteiger charge is -2.40. The number of urea groups is 1. The number of Topliss-reactive ketones (excluding diaryl/α,β-unsaturated/α-hetero) is 1. The first-order valence-electron chi connectivity index (χ1n) is 13.7. The van der Waals surface area contributed by atoms with Gasteiger partial charge in [-0.2, -0.15) is 5.01 Å². The third-order valence-electron chi connectivity index (χ3n) is 7.23. The maximum Gasteiger partial charge on any atom is 0.343 e. The molecule has 1 atom stereocenters. The fraction of sp³-hybridized carbons (Fsp3) is 0.846. The van der Waals surface area contributed by atoms with Crippen molar-refractivity contribution in [1.82, 2.24) is 20.5 Å². The van der Waals surface area contributed by atoms with Crippen LogP contribution in [-0.4, -0.2) is 71.1 Å². The molecule has 0 bridgehead atoms. The molecule has 0 aromatic rings. The van der Waals surface area contributed by atoms with E-state index in [9.17, 15) is 14.4 Å². The molecule has 1 heterocycles. The fourth-order valence-corrected chi connectivity index (χ4v) is 5.93. The fourth-order valence-electron chi connectivity index (χ4n) is 5.00. The zero-order valence-electron chi connectivity index (χ0n) is 22.5. The summed E-state index contributed by atoms with van der Waals surface area (Å²) >= 11 is 1.40. The van der Waals surface area contributed by atoms with Gasteiger partial charge >= 0.3 is 6.03 Å². The number of rotatable bonds is 10. The van der Waals surface area contributed by atoms with E-state index in [4.69, 9.17) is 4.74 Å². The van der Waals surface area contributed by atoms with Crippen molar-refractivity contribution in [2.75, 3.05) is 26.4 Å². The number of ketones is 1. The Kier molecular flexibility index (Phi) is 10.9. The van der Waals surface area contributed by atoms with Crippen LogP contribution in [0.2, 0.25) is 0 Å². The summed E-state index contributed by atoms with van der Waals surface area (Å²) in [5.41, 5.74) is -0.814. The van der Waals surface area contributed by atoms with Crippen LogP contribution in [0.1, 0.15) is 90.9 Å². The summed E-state index contributed by atoms with van der Waals surface area (Å²) in [7, 11) is 3.97. The number of ether oxygens (including phenoxy) is 1. The highest BCUT2D eigenvalue weighted by molar-refractivity contribution is 8.13. The standard InChI is InChI=1S/C26H45N5O4S/c1-19(2)13-14-21(32)23-31(29-25(35-23)36-18-17-30(3)4)24(34)28-26(15-9-6-10-16-26)27-22(33)20-11-7-5-8-12-20/h19-20,23H,5-18H2,1-4H3,(H,27,33)(H,28,34). The van der Waals surface area contributed by atoms with E-state index < -0.39 is 17.9 Å². The molecule has 2 aliphatic carbocycles. The second-order valence-electron chi connectivity index (χ2n) is 11.1. The Labute approximate surface area is 220 Å². The van der Waals surface area contributed by atoms with Crippen molar-refractivity contribution in [1.29, 1.82) is 0 Å². The predicted octanol–water partition coefficient (Wildman–Crippen LogP) is 4.28. The van der Waals surface area contributed by atoms with Gasteiger partial charge in [0.2, 0.25) is 5.91 Å². The van der Waals surface area contributed by atoms with E-state index in [1.807, 2.05) is 14.1 Å². The van der Waals surface area contributed by atoms with Gasteiger partial charge in [-0.25, -0.2) is 4.79 Å². The maximum absolute atomic E-state index is 13.6. The molecule has 2 fully saturated rings. The van der Waals surface area contributed by atoms with E-state index in [2.05, 4.69) is 34.5 Å². The number of carbonyl (C=O) groups excluding carboxylic acids is 3. The molecule has 3 amide bonds. The molecule has 10 heteroatoms. The Bertz CT molecular complexity index is 791. The first-order valence-corrected chi connectivity index (χ1v) is 14.7. The largest absolute Gasteiger partial charge is 0.438 e. The highest BCUT2D eigenvalue weighted by Gasteiger charge is 2.43. The van der Waals surface area contributed by atoms with Crippen LogP contribution in [0.5, 0.6) is 0 Å². The second kappa shape index (κ2) is 13.7. The van der Waals surface area contributed by atoms with Gasteiger partial charge in [0.25, 0.3) is 11.5 Å². The summed E-state index contributed by atoms with van der Waals surface area (Å²) < 4.78 is 5.89. The summed E-state index contributed by atoms with van der Waals surface area (Å²) in [4.78, 5) is 41.8. The van der Waals surface area contributed by atoms with E-state index in [0.717, 1.165) is 68.7 Å². The van der Waals surface area contributed by atoms with E-state index in [0.29, 0.717) is 30.4 Å². The molecule has 3 aliphatic rings. The molecule has 3 rings (SSSR count). The summed E-state index contributed by atoms with van der Waals surface area (Å²) in [5.74, 6) is 0.980. The quantitative estimate of drug-likeness (QED) is 0.414. The number of hydrogen-bond acceptors (Lipinski definition) is 7. The molecule has 0 aromatic heterocycles. The van der Waals surface area contributed by atoms with E-state index in [1.165, 1.54) is 18.2 Å². The Morgan fingerprint density at radius 2 is 1.75 bits per heavy atom. The number of hydrazone groups is 1. The minimum atomic E-state index is -1.07. The van der Waals surface area contributed by atoms with Gasteiger partial charge in [0.15, 0.2) is 5.78 Å². The minimum Gasteiger partial charge on any atom is -0.438 e. The molecule has 0 radical (unpaired) electrons. The van der Waals surface area contributed by atoms with Crippen LogP contribution in [0.15, 0.2) is 5.10 Å². The molecule has 0 spiro atoms. The number of nitrogens with zero attached hydrogens (tertiary/aromatic N) is 3. The third kappa shape index (κ3) is 8.36. The number of carbonyl (C=O) groups is 3. The average Bonchev–Trinajstić information content (AvgIpc) is 3.28. The molecular formula is C26H45N5O4S. The van der Waals surface area contributed by atoms with Crippen LogP contribution >= 0.6 is 11.8 Å². The van der Waals surface area contributed by atoms with Crippen LogP contribution in [-0.2, 0) is 14.3 Å². The van der Waals surface area contributed by atoms with Crippen molar-refractivity contribution in [3.8, 4) is 0 Å². The maximum atomic E-state index is 13.6. The zero-order chi connectivity index (χ0) is 26.1. The van der Waals surface area contributed by atoms with Crippen LogP contribution in [0.25, 0.3) is 0 Å². The molecule has 1 unspecified atom stereocenters. The molecule has 9 nitrogen and oxygen atoms in total. The molecule has 204 valence electrons. The Morgan fingerprint density at radius 1 is 1.08 bits per heavy atom. The van der Waals surface area contributed by atoms with Crippen molar-refractivity contribution >= 4 is 34.7 Å². The van der Waals surface area contributed by atoms with E-state index in [1.54, 1.807) is 0 Å². The minimum absolute atomic E-state index is 0.00709. The van der Waals surface area contributed by atoms with Gasteiger partial charge in [0, 0.05) is 24.6 Å². The second-order valence-corrected chi connectivity index (χ2v) is 12.2. The monoisotopic (exact) mass is 523 g/mol. The van der Waals surface area contributed by atoms with Gasteiger partial charge in [-0.15, -0.1) is 5.10 Å². The lowest BCUT2D eigenvalue weighted by atomic mass is 9.85. The number of nitrogens with one attached hydrogen (secondary N) is 2. The van der Waals surface area contributed by atoms with Gasteiger partial charge in [0.1, 0.15) is 5.66 Å². The van der Waals surface area contributed by atoms with Crippen LogP contribution in [0.3, 0.4) is 0 Å². The first kappa shape index (κ1) is 28.8. The smallest absolute Gasteiger partial charge is 0.343 e. The van der Waals surface area contributed by atoms with Gasteiger partial charge in [-0.05, 0) is 65.0 Å². The highest BCUT2D eigenvalue weighted by atomic mass is 32.2. The lowest BCUT2D eigenvalue weighted by molar-refractivity contribution is -0.132. The van der Waals surface area contributed by atoms with E-state index in [-0.39, 0.29) is 17.6 Å². The van der Waals surface area contributed by atoms with Crippen molar-refractivity contribution in [2.45, 2.75) is 103 Å². The predicted molar refractivity (Wildman–Crippen MR) is 143 cm³/mol. The first-order chi connectivity index (χ1) is 17.2. The van der Waals surface area contributed by atoms with Crippen molar-refractivity contribution in [3.63, 3.8) is 0 Å². The number of hydrogen-bond donors (Lipinski definition) is 2. The van der Waals surface area contributed by atoms with Gasteiger partial charge in [-0.3, -0.25) is 9.59 Å².